The summed E-state index contributed by atoms with van der Waals surface area (Å²) in [5, 5.41) is 15.6. The zero-order valence-corrected chi connectivity index (χ0v) is 15.1. The van der Waals surface area contributed by atoms with Crippen molar-refractivity contribution in [2.24, 2.45) is 5.73 Å². The minimum Gasteiger partial charge on any atom is -0.349 e. The number of nitro groups is 1. The molecule has 0 aliphatic rings. The summed E-state index contributed by atoms with van der Waals surface area (Å²) in [5.74, 6) is 0.769. The number of unbranched alkanes of at least 4 members (excludes halogenated alkanes) is 4. The minimum atomic E-state index is -0.487. The minimum absolute atomic E-state index is 0.149. The van der Waals surface area contributed by atoms with Crippen molar-refractivity contribution in [1.29, 1.82) is 0 Å². The average Bonchev–Trinajstić information content (AvgIpc) is 3.08. The third-order valence-electron chi connectivity index (χ3n) is 4.67. The van der Waals surface area contributed by atoms with Crippen molar-refractivity contribution in [3.8, 4) is 0 Å². The maximum Gasteiger partial charge on any atom is 0.333 e. The molecule has 2 aromatic heterocycles. The standard InChI is InChI=1S/C17H28N5O3/c1-3-4-5-6-7-10-22(2,11-8-9-18)17-14-12-20-25-16(14)15(13-19-17)21(23)24/h12-13H,3-11,18H2,1-2H3/q+1. The number of hydrogen-bond acceptors (Lipinski definition) is 6. The van der Waals surface area contributed by atoms with Gasteiger partial charge in [-0.25, -0.2) is 0 Å². The first-order chi connectivity index (χ1) is 12.0. The number of aromatic nitrogens is 2. The summed E-state index contributed by atoms with van der Waals surface area (Å²) in [6, 6.07) is 0. The second kappa shape index (κ2) is 8.87. The van der Waals surface area contributed by atoms with Crippen LogP contribution in [0.25, 0.3) is 11.0 Å². The van der Waals surface area contributed by atoms with Gasteiger partial charge in [0, 0.05) is 6.42 Å². The molecule has 8 nitrogen and oxygen atoms in total. The molecule has 0 bridgehead atoms. The molecule has 2 N–H and O–H groups in total. The van der Waals surface area contributed by atoms with Crippen LogP contribution in [0, 0.1) is 10.1 Å². The molecule has 0 spiro atoms. The van der Waals surface area contributed by atoms with E-state index in [4.69, 9.17) is 10.3 Å². The largest absolute Gasteiger partial charge is 0.349 e. The van der Waals surface area contributed by atoms with Gasteiger partial charge in [0.1, 0.15) is 11.6 Å². The van der Waals surface area contributed by atoms with Gasteiger partial charge in [-0.05, 0) is 19.4 Å². The fourth-order valence-electron chi connectivity index (χ4n) is 3.22. The third-order valence-corrected chi connectivity index (χ3v) is 4.67. The summed E-state index contributed by atoms with van der Waals surface area (Å²) < 4.78 is 5.72. The van der Waals surface area contributed by atoms with Crippen molar-refractivity contribution in [3.63, 3.8) is 0 Å². The van der Waals surface area contributed by atoms with Crippen LogP contribution in [-0.4, -0.2) is 41.7 Å². The molecular weight excluding hydrogens is 322 g/mol. The smallest absolute Gasteiger partial charge is 0.333 e. The van der Waals surface area contributed by atoms with E-state index in [-0.39, 0.29) is 11.3 Å². The van der Waals surface area contributed by atoms with Gasteiger partial charge in [-0.15, -0.1) is 0 Å². The lowest BCUT2D eigenvalue weighted by molar-refractivity contribution is -0.384. The van der Waals surface area contributed by atoms with Crippen molar-refractivity contribution in [2.75, 3.05) is 26.7 Å². The Morgan fingerprint density at radius 3 is 2.60 bits per heavy atom. The van der Waals surface area contributed by atoms with Crippen molar-refractivity contribution in [2.45, 2.75) is 45.4 Å². The Bertz CT molecular complexity index is 703. The Kier molecular flexibility index (Phi) is 6.83. The van der Waals surface area contributed by atoms with E-state index in [1.54, 1.807) is 0 Å². The van der Waals surface area contributed by atoms with E-state index in [0.29, 0.717) is 16.4 Å². The molecule has 0 saturated carbocycles. The van der Waals surface area contributed by atoms with Crippen molar-refractivity contribution >= 4 is 22.5 Å². The van der Waals surface area contributed by atoms with Crippen LogP contribution in [0.2, 0.25) is 0 Å². The predicted octanol–water partition coefficient (Wildman–Crippen LogP) is 3.39. The molecule has 0 saturated heterocycles. The van der Waals surface area contributed by atoms with E-state index < -0.39 is 4.92 Å². The summed E-state index contributed by atoms with van der Waals surface area (Å²) >= 11 is 0. The highest BCUT2D eigenvalue weighted by Crippen LogP contribution is 2.34. The predicted molar refractivity (Wildman–Crippen MR) is 98.3 cm³/mol. The zero-order valence-electron chi connectivity index (χ0n) is 15.1. The molecule has 2 rings (SSSR count). The lowest BCUT2D eigenvalue weighted by atomic mass is 10.1. The number of quaternary nitrogens is 1. The van der Waals surface area contributed by atoms with Gasteiger partial charge < -0.3 is 10.3 Å². The molecule has 0 aromatic carbocycles. The SMILES string of the molecule is CCCCCCC[N+](C)(CCCN)c1ncc([N+](=O)[O-])c2oncc12. The molecule has 138 valence electrons. The molecule has 1 unspecified atom stereocenters. The number of nitrogens with zero attached hydrogens (tertiary/aromatic N) is 4. The summed E-state index contributed by atoms with van der Waals surface area (Å²) in [7, 11) is 2.11. The normalized spacial score (nSPS) is 13.9. The first kappa shape index (κ1) is 19.3. The highest BCUT2D eigenvalue weighted by atomic mass is 16.6. The van der Waals surface area contributed by atoms with Gasteiger partial charge in [0.15, 0.2) is 0 Å². The van der Waals surface area contributed by atoms with Crippen LogP contribution in [0.3, 0.4) is 0 Å². The fourth-order valence-corrected chi connectivity index (χ4v) is 3.22. The van der Waals surface area contributed by atoms with Crippen LogP contribution < -0.4 is 10.2 Å². The summed E-state index contributed by atoms with van der Waals surface area (Å²) in [6.45, 7) is 4.54. The van der Waals surface area contributed by atoms with Gasteiger partial charge in [-0.1, -0.05) is 31.3 Å². The van der Waals surface area contributed by atoms with Crippen LogP contribution in [0.15, 0.2) is 16.9 Å². The number of hydrogen-bond donors (Lipinski definition) is 1. The van der Waals surface area contributed by atoms with E-state index in [2.05, 4.69) is 24.1 Å². The van der Waals surface area contributed by atoms with Crippen molar-refractivity contribution < 1.29 is 9.45 Å². The van der Waals surface area contributed by atoms with Gasteiger partial charge >= 0.3 is 5.69 Å². The van der Waals surface area contributed by atoms with Crippen LogP contribution in [0.1, 0.15) is 45.4 Å². The molecule has 8 heteroatoms. The maximum absolute atomic E-state index is 11.2. The zero-order chi connectivity index (χ0) is 18.3. The number of rotatable bonds is 11. The van der Waals surface area contributed by atoms with Gasteiger partial charge in [0.05, 0.1) is 31.3 Å². The number of fused-ring (bicyclic) bond motifs is 1. The van der Waals surface area contributed by atoms with Gasteiger partial charge in [-0.2, -0.15) is 4.98 Å². The molecule has 0 aliphatic carbocycles. The quantitative estimate of drug-likeness (QED) is 0.288. The van der Waals surface area contributed by atoms with E-state index >= 15 is 0 Å². The Labute approximate surface area is 147 Å². The molecule has 0 radical (unpaired) electrons. The highest BCUT2D eigenvalue weighted by Gasteiger charge is 2.32. The van der Waals surface area contributed by atoms with Crippen LogP contribution in [0.5, 0.6) is 0 Å². The first-order valence-corrected chi connectivity index (χ1v) is 8.96. The molecule has 2 heterocycles. The Hall–Kier alpha value is -2.06. The lowest BCUT2D eigenvalue weighted by Crippen LogP contribution is -2.48. The van der Waals surface area contributed by atoms with Gasteiger partial charge in [0.25, 0.3) is 5.58 Å². The monoisotopic (exact) mass is 350 g/mol. The van der Waals surface area contributed by atoms with Crippen molar-refractivity contribution in [3.05, 3.63) is 22.5 Å². The second-order valence-corrected chi connectivity index (χ2v) is 6.69. The second-order valence-electron chi connectivity index (χ2n) is 6.69. The molecular formula is C17H28N5O3+. The summed E-state index contributed by atoms with van der Waals surface area (Å²) in [4.78, 5) is 15.1. The van der Waals surface area contributed by atoms with E-state index in [1.165, 1.54) is 38.1 Å². The number of nitrogens with two attached hydrogens (primary N) is 1. The van der Waals surface area contributed by atoms with E-state index in [0.717, 1.165) is 31.7 Å². The molecule has 0 amide bonds. The van der Waals surface area contributed by atoms with Crippen LogP contribution in [-0.2, 0) is 0 Å². The number of pyridine rings is 1. The molecule has 1 atom stereocenters. The lowest BCUT2D eigenvalue weighted by Gasteiger charge is -2.33. The summed E-state index contributed by atoms with van der Waals surface area (Å²) in [5.41, 5.74) is 5.76. The van der Waals surface area contributed by atoms with E-state index in [9.17, 15) is 10.1 Å². The van der Waals surface area contributed by atoms with Crippen molar-refractivity contribution in [1.82, 2.24) is 14.6 Å². The molecule has 0 aliphatic heterocycles. The molecule has 2 aromatic rings. The van der Waals surface area contributed by atoms with Gasteiger partial charge in [-0.3, -0.25) is 14.6 Å². The third kappa shape index (κ3) is 4.52. The average molecular weight is 350 g/mol. The van der Waals surface area contributed by atoms with E-state index in [1.807, 2.05) is 0 Å². The maximum atomic E-state index is 11.2. The topological polar surface area (TPSA) is 108 Å². The Morgan fingerprint density at radius 2 is 1.92 bits per heavy atom. The Morgan fingerprint density at radius 1 is 1.20 bits per heavy atom. The fraction of sp³-hybridized carbons (Fsp3) is 0.647. The molecule has 0 fully saturated rings. The highest BCUT2D eigenvalue weighted by molar-refractivity contribution is 5.92. The van der Waals surface area contributed by atoms with Crippen LogP contribution in [0.4, 0.5) is 11.5 Å². The molecule has 25 heavy (non-hydrogen) atoms. The Balaban J connectivity index is 2.30. The first-order valence-electron chi connectivity index (χ1n) is 8.96. The van der Waals surface area contributed by atoms with Crippen LogP contribution >= 0.6 is 0 Å². The van der Waals surface area contributed by atoms with Gasteiger partial charge in [0.2, 0.25) is 5.82 Å². The summed E-state index contributed by atoms with van der Waals surface area (Å²) in [6.07, 6.45) is 9.60.